The molecule has 0 aromatic heterocycles. The Labute approximate surface area is 190 Å². The van der Waals surface area contributed by atoms with Gasteiger partial charge < -0.3 is 15.4 Å². The molecule has 32 heavy (non-hydrogen) atoms. The fraction of sp³-hybridized carbons (Fsp3) is 0.423. The fourth-order valence-corrected chi connectivity index (χ4v) is 3.52. The first-order valence-electron chi connectivity index (χ1n) is 10.9. The maximum absolute atomic E-state index is 13.4. The molecule has 0 radical (unpaired) electrons. The predicted octanol–water partition coefficient (Wildman–Crippen LogP) is 3.76. The van der Waals surface area contributed by atoms with E-state index in [1.54, 1.807) is 38.1 Å². The second kappa shape index (κ2) is 11.5. The lowest BCUT2D eigenvalue weighted by Crippen LogP contribution is -2.56. The average molecular weight is 439 g/mol. The Morgan fingerprint density at radius 1 is 0.906 bits per heavy atom. The molecule has 0 aliphatic rings. The molecular formula is C26H34N2O4. The summed E-state index contributed by atoms with van der Waals surface area (Å²) < 4.78 is 4.92. The molecule has 0 spiro atoms. The molecule has 2 N–H and O–H groups in total. The van der Waals surface area contributed by atoms with Gasteiger partial charge >= 0.3 is 5.97 Å². The fourth-order valence-electron chi connectivity index (χ4n) is 3.52. The Bertz CT molecular complexity index is 895. The highest BCUT2D eigenvalue weighted by Gasteiger charge is 2.40. The lowest BCUT2D eigenvalue weighted by atomic mass is 9.78. The van der Waals surface area contributed by atoms with Crippen LogP contribution in [0.2, 0.25) is 0 Å². The van der Waals surface area contributed by atoms with E-state index in [4.69, 9.17) is 4.74 Å². The Morgan fingerprint density at radius 3 is 2.00 bits per heavy atom. The summed E-state index contributed by atoms with van der Waals surface area (Å²) in [4.78, 5) is 38.5. The lowest BCUT2D eigenvalue weighted by molar-refractivity contribution is -0.146. The molecule has 0 aliphatic carbocycles. The summed E-state index contributed by atoms with van der Waals surface area (Å²) in [5.41, 5.74) is 0.489. The first-order chi connectivity index (χ1) is 15.1. The number of esters is 1. The van der Waals surface area contributed by atoms with Crippen molar-refractivity contribution in [3.05, 3.63) is 71.8 Å². The van der Waals surface area contributed by atoms with E-state index in [1.807, 2.05) is 50.2 Å². The van der Waals surface area contributed by atoms with Crippen molar-refractivity contribution in [1.29, 1.82) is 0 Å². The van der Waals surface area contributed by atoms with Crippen molar-refractivity contribution in [2.45, 2.75) is 52.6 Å². The van der Waals surface area contributed by atoms with Gasteiger partial charge in [0.25, 0.3) is 5.91 Å². The van der Waals surface area contributed by atoms with E-state index in [0.29, 0.717) is 18.4 Å². The van der Waals surface area contributed by atoms with Gasteiger partial charge in [-0.3, -0.25) is 9.59 Å². The quantitative estimate of drug-likeness (QED) is 0.553. The van der Waals surface area contributed by atoms with Crippen molar-refractivity contribution in [3.8, 4) is 0 Å². The summed E-state index contributed by atoms with van der Waals surface area (Å²) in [5, 5.41) is 5.89. The van der Waals surface area contributed by atoms with Crippen molar-refractivity contribution in [3.63, 3.8) is 0 Å². The number of benzene rings is 2. The molecule has 6 nitrogen and oxygen atoms in total. The van der Waals surface area contributed by atoms with Gasteiger partial charge in [-0.1, -0.05) is 62.4 Å². The summed E-state index contributed by atoms with van der Waals surface area (Å²) in [5.74, 6) is -0.802. The molecule has 0 bridgehead atoms. The van der Waals surface area contributed by atoms with Crippen LogP contribution in [0.4, 0.5) is 0 Å². The van der Waals surface area contributed by atoms with Gasteiger partial charge in [0.2, 0.25) is 5.91 Å². The molecule has 0 saturated carbocycles. The predicted molar refractivity (Wildman–Crippen MR) is 125 cm³/mol. The Balaban J connectivity index is 2.21. The van der Waals surface area contributed by atoms with Gasteiger partial charge in [-0.25, -0.2) is 4.79 Å². The second-order valence-corrected chi connectivity index (χ2v) is 8.98. The molecule has 2 aromatic carbocycles. The van der Waals surface area contributed by atoms with Crippen LogP contribution in [0, 0.1) is 11.3 Å². The van der Waals surface area contributed by atoms with E-state index >= 15 is 0 Å². The highest BCUT2D eigenvalue weighted by molar-refractivity contribution is 5.95. The number of carbonyl (C=O) groups is 3. The van der Waals surface area contributed by atoms with Crippen LogP contribution in [0.15, 0.2) is 60.7 Å². The van der Waals surface area contributed by atoms with Gasteiger partial charge in [0.15, 0.2) is 0 Å². The SMILES string of the molecule is COC(=O)[C@H](Cc1ccccc1)NC(=O)C(C)(C)[C@@H](CC(C)C)NC(=O)c1ccccc1. The van der Waals surface area contributed by atoms with E-state index in [9.17, 15) is 14.4 Å². The van der Waals surface area contributed by atoms with Crippen LogP contribution >= 0.6 is 0 Å². The van der Waals surface area contributed by atoms with E-state index < -0.39 is 23.5 Å². The monoisotopic (exact) mass is 438 g/mol. The zero-order chi connectivity index (χ0) is 23.7. The minimum Gasteiger partial charge on any atom is -0.467 e. The molecule has 0 heterocycles. The molecule has 6 heteroatoms. The minimum atomic E-state index is -0.961. The van der Waals surface area contributed by atoms with Crippen LogP contribution in [0.1, 0.15) is 50.0 Å². The van der Waals surface area contributed by atoms with E-state index in [0.717, 1.165) is 5.56 Å². The molecule has 2 rings (SSSR count). The summed E-state index contributed by atoms with van der Waals surface area (Å²) in [7, 11) is 1.30. The second-order valence-electron chi connectivity index (χ2n) is 8.98. The van der Waals surface area contributed by atoms with Crippen LogP contribution < -0.4 is 10.6 Å². The third-order valence-corrected chi connectivity index (χ3v) is 5.58. The first-order valence-corrected chi connectivity index (χ1v) is 10.9. The summed E-state index contributed by atoms with van der Waals surface area (Å²) >= 11 is 0. The number of ether oxygens (including phenoxy) is 1. The Hall–Kier alpha value is -3.15. The molecule has 0 aliphatic heterocycles. The summed E-state index contributed by atoms with van der Waals surface area (Å²) in [6.07, 6.45) is 0.932. The largest absolute Gasteiger partial charge is 0.467 e. The maximum atomic E-state index is 13.4. The normalized spacial score (nSPS) is 13.2. The molecule has 2 aromatic rings. The topological polar surface area (TPSA) is 84.5 Å². The third-order valence-electron chi connectivity index (χ3n) is 5.58. The van der Waals surface area contributed by atoms with Crippen molar-refractivity contribution >= 4 is 17.8 Å². The van der Waals surface area contributed by atoms with E-state index in [2.05, 4.69) is 10.6 Å². The van der Waals surface area contributed by atoms with Crippen LogP contribution in [0.5, 0.6) is 0 Å². The molecule has 2 atom stereocenters. The van der Waals surface area contributed by atoms with Gasteiger partial charge in [-0.2, -0.15) is 0 Å². The molecule has 0 fully saturated rings. The van der Waals surface area contributed by atoms with Crippen molar-refractivity contribution < 1.29 is 19.1 Å². The zero-order valence-corrected chi connectivity index (χ0v) is 19.6. The Morgan fingerprint density at radius 2 is 1.47 bits per heavy atom. The molecule has 0 unspecified atom stereocenters. The Kier molecular flexibility index (Phi) is 9.00. The lowest BCUT2D eigenvalue weighted by Gasteiger charge is -2.36. The van der Waals surface area contributed by atoms with Crippen molar-refractivity contribution in [1.82, 2.24) is 10.6 Å². The van der Waals surface area contributed by atoms with E-state index in [-0.39, 0.29) is 17.7 Å². The van der Waals surface area contributed by atoms with Crippen LogP contribution in [-0.2, 0) is 20.7 Å². The van der Waals surface area contributed by atoms with Gasteiger partial charge in [0, 0.05) is 18.0 Å². The first kappa shape index (κ1) is 25.1. The third kappa shape index (κ3) is 6.94. The molecule has 172 valence electrons. The van der Waals surface area contributed by atoms with E-state index in [1.165, 1.54) is 7.11 Å². The maximum Gasteiger partial charge on any atom is 0.328 e. The zero-order valence-electron chi connectivity index (χ0n) is 19.6. The van der Waals surface area contributed by atoms with Crippen LogP contribution in [0.25, 0.3) is 0 Å². The van der Waals surface area contributed by atoms with Crippen LogP contribution in [-0.4, -0.2) is 37.0 Å². The number of methoxy groups -OCH3 is 1. The minimum absolute atomic E-state index is 0.231. The standard InChI is InChI=1S/C26H34N2O4/c1-18(2)16-22(28-23(29)20-14-10-7-11-15-20)26(3,4)25(31)27-21(24(30)32-5)17-19-12-8-6-9-13-19/h6-15,18,21-22H,16-17H2,1-5H3,(H,27,31)(H,28,29)/t21-,22+/m0/s1. The number of hydrogen-bond acceptors (Lipinski definition) is 4. The van der Waals surface area contributed by atoms with Crippen LogP contribution in [0.3, 0.4) is 0 Å². The number of carbonyl (C=O) groups excluding carboxylic acids is 3. The highest BCUT2D eigenvalue weighted by Crippen LogP contribution is 2.27. The number of amides is 2. The van der Waals surface area contributed by atoms with Gasteiger partial charge in [-0.15, -0.1) is 0 Å². The number of rotatable bonds is 10. The number of nitrogens with one attached hydrogen (secondary N) is 2. The molecule has 2 amide bonds. The molecule has 0 saturated heterocycles. The smallest absolute Gasteiger partial charge is 0.328 e. The summed E-state index contributed by atoms with van der Waals surface area (Å²) in [6, 6.07) is 17.1. The summed E-state index contributed by atoms with van der Waals surface area (Å²) in [6.45, 7) is 7.67. The average Bonchev–Trinajstić information content (AvgIpc) is 2.78. The molecular weight excluding hydrogens is 404 g/mol. The van der Waals surface area contributed by atoms with Gasteiger partial charge in [0.1, 0.15) is 6.04 Å². The van der Waals surface area contributed by atoms with Gasteiger partial charge in [0.05, 0.1) is 12.5 Å². The number of hydrogen-bond donors (Lipinski definition) is 2. The van der Waals surface area contributed by atoms with Gasteiger partial charge in [-0.05, 0) is 43.9 Å². The van der Waals surface area contributed by atoms with Crippen molar-refractivity contribution in [2.24, 2.45) is 11.3 Å². The highest BCUT2D eigenvalue weighted by atomic mass is 16.5. The van der Waals surface area contributed by atoms with Crippen molar-refractivity contribution in [2.75, 3.05) is 7.11 Å².